The highest BCUT2D eigenvalue weighted by Gasteiger charge is 2.21. The highest BCUT2D eigenvalue weighted by Crippen LogP contribution is 2.29. The van der Waals surface area contributed by atoms with Crippen LogP contribution in [0.5, 0.6) is 5.75 Å². The van der Waals surface area contributed by atoms with Crippen molar-refractivity contribution < 1.29 is 18.6 Å². The summed E-state index contributed by atoms with van der Waals surface area (Å²) in [6.07, 6.45) is 3.55. The highest BCUT2D eigenvalue weighted by atomic mass is 19.1. The maximum atomic E-state index is 13.8. The van der Waals surface area contributed by atoms with Gasteiger partial charge in [0.2, 0.25) is 0 Å². The Balaban J connectivity index is 2.07. The van der Waals surface area contributed by atoms with E-state index in [0.29, 0.717) is 17.9 Å². The van der Waals surface area contributed by atoms with Crippen LogP contribution in [0.25, 0.3) is 0 Å². The summed E-state index contributed by atoms with van der Waals surface area (Å²) >= 11 is 0. The van der Waals surface area contributed by atoms with Gasteiger partial charge in [-0.3, -0.25) is 0 Å². The number of halogens is 2. The number of aliphatic hydroxyl groups excluding tert-OH is 1. The third-order valence-corrected chi connectivity index (χ3v) is 3.65. The van der Waals surface area contributed by atoms with Crippen molar-refractivity contribution in [2.45, 2.75) is 38.2 Å². The lowest BCUT2D eigenvalue weighted by molar-refractivity contribution is 0.108. The fourth-order valence-corrected chi connectivity index (χ4v) is 2.54. The number of hydrogen-bond acceptors (Lipinski definition) is 2. The largest absolute Gasteiger partial charge is 0.494 e. The Bertz CT molecular complexity index is 413. The average molecular weight is 256 g/mol. The third-order valence-electron chi connectivity index (χ3n) is 3.65. The van der Waals surface area contributed by atoms with Crippen molar-refractivity contribution >= 4 is 0 Å². The zero-order valence-electron chi connectivity index (χ0n) is 10.5. The molecule has 0 amide bonds. The molecule has 1 aromatic rings. The summed E-state index contributed by atoms with van der Waals surface area (Å²) in [5, 5.41) is 9.41. The molecule has 1 N–H and O–H groups in total. The summed E-state index contributed by atoms with van der Waals surface area (Å²) in [4.78, 5) is 0. The summed E-state index contributed by atoms with van der Waals surface area (Å²) in [5.41, 5.74) is 0.398. The number of rotatable bonds is 3. The zero-order valence-corrected chi connectivity index (χ0v) is 10.5. The van der Waals surface area contributed by atoms with E-state index in [1.807, 2.05) is 0 Å². The van der Waals surface area contributed by atoms with E-state index in [0.717, 1.165) is 31.7 Å². The molecule has 0 radical (unpaired) electrons. The van der Waals surface area contributed by atoms with Gasteiger partial charge >= 0.3 is 0 Å². The SMILES string of the molecule is COc1cc(F)c(CC2CCC(O)CC2)cc1F. The third kappa shape index (κ3) is 2.99. The second-order valence-electron chi connectivity index (χ2n) is 4.96. The minimum Gasteiger partial charge on any atom is -0.494 e. The van der Waals surface area contributed by atoms with Gasteiger partial charge in [-0.25, -0.2) is 8.78 Å². The van der Waals surface area contributed by atoms with Gasteiger partial charge in [0.25, 0.3) is 0 Å². The van der Waals surface area contributed by atoms with Crippen LogP contribution in [-0.4, -0.2) is 18.3 Å². The van der Waals surface area contributed by atoms with Crippen LogP contribution in [0.15, 0.2) is 12.1 Å². The molecule has 4 heteroatoms. The Morgan fingerprint density at radius 1 is 1.17 bits per heavy atom. The Morgan fingerprint density at radius 2 is 1.83 bits per heavy atom. The first-order chi connectivity index (χ1) is 8.60. The molecule has 1 aliphatic carbocycles. The molecule has 2 rings (SSSR count). The molecule has 0 saturated heterocycles. The van der Waals surface area contributed by atoms with Gasteiger partial charge in [-0.2, -0.15) is 0 Å². The Morgan fingerprint density at radius 3 is 2.44 bits per heavy atom. The monoisotopic (exact) mass is 256 g/mol. The number of benzene rings is 1. The molecule has 18 heavy (non-hydrogen) atoms. The minimum absolute atomic E-state index is 0.0599. The summed E-state index contributed by atoms with van der Waals surface area (Å²) in [6, 6.07) is 2.32. The lowest BCUT2D eigenvalue weighted by atomic mass is 9.83. The molecule has 0 heterocycles. The average Bonchev–Trinajstić information content (AvgIpc) is 2.36. The topological polar surface area (TPSA) is 29.5 Å². The standard InChI is InChI=1S/C14H18F2O2/c1-18-14-8-12(15)10(7-13(14)16)6-9-2-4-11(17)5-3-9/h7-9,11,17H,2-6H2,1H3. The summed E-state index contributed by atoms with van der Waals surface area (Å²) in [6.45, 7) is 0. The second-order valence-corrected chi connectivity index (χ2v) is 4.96. The molecule has 100 valence electrons. The van der Waals surface area contributed by atoms with E-state index < -0.39 is 11.6 Å². The van der Waals surface area contributed by atoms with Gasteiger partial charge in [0.15, 0.2) is 11.6 Å². The van der Waals surface area contributed by atoms with Gasteiger partial charge in [-0.05, 0) is 49.7 Å². The number of methoxy groups -OCH3 is 1. The van der Waals surface area contributed by atoms with Gasteiger partial charge in [-0.1, -0.05) is 0 Å². The van der Waals surface area contributed by atoms with Crippen LogP contribution in [-0.2, 0) is 6.42 Å². The molecule has 0 atom stereocenters. The van der Waals surface area contributed by atoms with Crippen molar-refractivity contribution in [1.82, 2.24) is 0 Å². The van der Waals surface area contributed by atoms with E-state index in [-0.39, 0.29) is 11.9 Å². The summed E-state index contributed by atoms with van der Waals surface area (Å²) in [7, 11) is 1.32. The first-order valence-corrected chi connectivity index (χ1v) is 6.30. The van der Waals surface area contributed by atoms with Crippen LogP contribution in [0.1, 0.15) is 31.2 Å². The van der Waals surface area contributed by atoms with E-state index in [9.17, 15) is 13.9 Å². The fraction of sp³-hybridized carbons (Fsp3) is 0.571. The molecule has 1 saturated carbocycles. The van der Waals surface area contributed by atoms with Gasteiger partial charge < -0.3 is 9.84 Å². The lowest BCUT2D eigenvalue weighted by Crippen LogP contribution is -2.20. The molecular formula is C14H18F2O2. The van der Waals surface area contributed by atoms with E-state index in [1.165, 1.54) is 13.2 Å². The van der Waals surface area contributed by atoms with Crippen molar-refractivity contribution in [3.8, 4) is 5.75 Å². The fourth-order valence-electron chi connectivity index (χ4n) is 2.54. The molecular weight excluding hydrogens is 238 g/mol. The molecule has 0 bridgehead atoms. The van der Waals surface area contributed by atoms with Gasteiger partial charge in [0.05, 0.1) is 13.2 Å². The minimum atomic E-state index is -0.523. The Hall–Kier alpha value is -1.16. The summed E-state index contributed by atoms with van der Waals surface area (Å²) < 4.78 is 32.0. The van der Waals surface area contributed by atoms with E-state index in [4.69, 9.17) is 4.74 Å². The zero-order chi connectivity index (χ0) is 13.1. The number of ether oxygens (including phenoxy) is 1. The van der Waals surface area contributed by atoms with Gasteiger partial charge in [0, 0.05) is 6.07 Å². The van der Waals surface area contributed by atoms with Crippen LogP contribution < -0.4 is 4.74 Å². The maximum absolute atomic E-state index is 13.8. The Labute approximate surface area is 106 Å². The molecule has 0 aliphatic heterocycles. The second kappa shape index (κ2) is 5.65. The maximum Gasteiger partial charge on any atom is 0.165 e. The molecule has 2 nitrogen and oxygen atoms in total. The molecule has 1 aromatic carbocycles. The van der Waals surface area contributed by atoms with Crippen molar-refractivity contribution in [3.63, 3.8) is 0 Å². The summed E-state index contributed by atoms with van der Waals surface area (Å²) in [5.74, 6) is -0.671. The number of aliphatic hydroxyl groups is 1. The van der Waals surface area contributed by atoms with Crippen LogP contribution >= 0.6 is 0 Å². The predicted molar refractivity (Wildman–Crippen MR) is 64.6 cm³/mol. The molecule has 0 spiro atoms. The number of hydrogen-bond donors (Lipinski definition) is 1. The van der Waals surface area contributed by atoms with Crippen LogP contribution in [0, 0.1) is 17.6 Å². The molecule has 1 fully saturated rings. The van der Waals surface area contributed by atoms with E-state index in [2.05, 4.69) is 0 Å². The molecule has 1 aliphatic rings. The quantitative estimate of drug-likeness (QED) is 0.900. The first-order valence-electron chi connectivity index (χ1n) is 6.30. The molecule has 0 aromatic heterocycles. The van der Waals surface area contributed by atoms with Crippen LogP contribution in [0.4, 0.5) is 8.78 Å². The van der Waals surface area contributed by atoms with Crippen molar-refractivity contribution in [1.29, 1.82) is 0 Å². The van der Waals surface area contributed by atoms with Gasteiger partial charge in [0.1, 0.15) is 5.82 Å². The van der Waals surface area contributed by atoms with Crippen molar-refractivity contribution in [3.05, 3.63) is 29.3 Å². The van der Waals surface area contributed by atoms with Crippen molar-refractivity contribution in [2.24, 2.45) is 5.92 Å². The normalized spacial score (nSPS) is 24.0. The molecule has 0 unspecified atom stereocenters. The lowest BCUT2D eigenvalue weighted by Gasteiger charge is -2.25. The van der Waals surface area contributed by atoms with E-state index in [1.54, 1.807) is 0 Å². The van der Waals surface area contributed by atoms with Crippen molar-refractivity contribution in [2.75, 3.05) is 7.11 Å². The Kier molecular flexibility index (Phi) is 4.17. The van der Waals surface area contributed by atoms with E-state index >= 15 is 0 Å². The first kappa shape index (κ1) is 13.3. The van der Waals surface area contributed by atoms with Crippen LogP contribution in [0.3, 0.4) is 0 Å². The predicted octanol–water partition coefficient (Wildman–Crippen LogP) is 3.07. The highest BCUT2D eigenvalue weighted by molar-refractivity contribution is 5.31. The van der Waals surface area contributed by atoms with Crippen LogP contribution in [0.2, 0.25) is 0 Å². The smallest absolute Gasteiger partial charge is 0.165 e. The van der Waals surface area contributed by atoms with Gasteiger partial charge in [-0.15, -0.1) is 0 Å².